The summed E-state index contributed by atoms with van der Waals surface area (Å²) in [5.74, 6) is 0.893. The van der Waals surface area contributed by atoms with E-state index in [9.17, 15) is 4.79 Å². The van der Waals surface area contributed by atoms with Crippen LogP contribution in [-0.2, 0) is 5.33 Å². The monoisotopic (exact) mass is 306 g/mol. The molecule has 0 saturated heterocycles. The van der Waals surface area contributed by atoms with E-state index in [2.05, 4.69) is 15.9 Å². The van der Waals surface area contributed by atoms with Crippen molar-refractivity contribution in [1.82, 2.24) is 0 Å². The number of hydrogen-bond acceptors (Lipinski definition) is 3. The van der Waals surface area contributed by atoms with E-state index in [4.69, 9.17) is 8.83 Å². The van der Waals surface area contributed by atoms with Crippen molar-refractivity contribution in [1.29, 1.82) is 0 Å². The Bertz CT molecular complexity index is 811. The minimum Gasteiger partial charge on any atom is -0.461 e. The molecular formula is C14H11BrO3. The van der Waals surface area contributed by atoms with Crippen molar-refractivity contribution in [2.75, 3.05) is 0 Å². The van der Waals surface area contributed by atoms with Crippen molar-refractivity contribution >= 4 is 37.9 Å². The Labute approximate surface area is 112 Å². The Morgan fingerprint density at radius 2 is 1.94 bits per heavy atom. The highest BCUT2D eigenvalue weighted by molar-refractivity contribution is 9.08. The van der Waals surface area contributed by atoms with Gasteiger partial charge in [-0.25, -0.2) is 4.79 Å². The summed E-state index contributed by atoms with van der Waals surface area (Å²) in [4.78, 5) is 11.3. The van der Waals surface area contributed by atoms with Gasteiger partial charge in [0.25, 0.3) is 0 Å². The second kappa shape index (κ2) is 3.99. The van der Waals surface area contributed by atoms with E-state index in [1.165, 1.54) is 6.07 Å². The molecule has 92 valence electrons. The molecule has 0 radical (unpaired) electrons. The average Bonchev–Trinajstić information content (AvgIpc) is 2.62. The van der Waals surface area contributed by atoms with Crippen LogP contribution in [-0.4, -0.2) is 0 Å². The van der Waals surface area contributed by atoms with E-state index in [1.807, 2.05) is 13.8 Å². The second-order valence-electron chi connectivity index (χ2n) is 4.31. The fourth-order valence-electron chi connectivity index (χ4n) is 2.31. The Hall–Kier alpha value is -1.55. The van der Waals surface area contributed by atoms with Crippen molar-refractivity contribution < 1.29 is 8.83 Å². The molecule has 0 amide bonds. The molecule has 0 bridgehead atoms. The van der Waals surface area contributed by atoms with Crippen molar-refractivity contribution in [2.45, 2.75) is 19.2 Å². The van der Waals surface area contributed by atoms with E-state index in [-0.39, 0.29) is 5.63 Å². The highest BCUT2D eigenvalue weighted by Crippen LogP contribution is 2.34. The molecule has 0 saturated carbocycles. The third kappa shape index (κ3) is 1.52. The number of halogens is 1. The van der Waals surface area contributed by atoms with Gasteiger partial charge in [0.1, 0.15) is 16.9 Å². The fourth-order valence-corrected chi connectivity index (χ4v) is 2.89. The predicted octanol–water partition coefficient (Wildman–Crippen LogP) is 4.05. The maximum Gasteiger partial charge on any atom is 0.336 e. The smallest absolute Gasteiger partial charge is 0.336 e. The molecule has 18 heavy (non-hydrogen) atoms. The van der Waals surface area contributed by atoms with Crippen molar-refractivity contribution in [3.05, 3.63) is 45.5 Å². The molecule has 0 spiro atoms. The predicted molar refractivity (Wildman–Crippen MR) is 74.4 cm³/mol. The zero-order valence-electron chi connectivity index (χ0n) is 10.0. The van der Waals surface area contributed by atoms with Crippen molar-refractivity contribution in [2.24, 2.45) is 0 Å². The molecule has 0 aliphatic heterocycles. The standard InChI is InChI=1S/C14H11BrO3/c1-7-8(2)17-12-5-11-9(3-4-13(16)18-11)10(6-15)14(7)12/h3-5H,6H2,1-2H3. The van der Waals surface area contributed by atoms with Gasteiger partial charge in [-0.3, -0.25) is 0 Å². The molecule has 0 unspecified atom stereocenters. The maximum atomic E-state index is 11.3. The highest BCUT2D eigenvalue weighted by Gasteiger charge is 2.15. The summed E-state index contributed by atoms with van der Waals surface area (Å²) in [6.07, 6.45) is 0. The molecule has 0 atom stereocenters. The number of furan rings is 1. The zero-order chi connectivity index (χ0) is 12.9. The summed E-state index contributed by atoms with van der Waals surface area (Å²) in [7, 11) is 0. The minimum atomic E-state index is -0.345. The molecular weight excluding hydrogens is 296 g/mol. The molecule has 2 aromatic heterocycles. The Morgan fingerprint density at radius 1 is 1.17 bits per heavy atom. The normalized spacial score (nSPS) is 11.5. The third-order valence-corrected chi connectivity index (χ3v) is 3.86. The molecule has 4 heteroatoms. The van der Waals surface area contributed by atoms with E-state index in [0.29, 0.717) is 10.9 Å². The van der Waals surface area contributed by atoms with Gasteiger partial charge in [0.15, 0.2) is 0 Å². The first-order valence-electron chi connectivity index (χ1n) is 5.63. The zero-order valence-corrected chi connectivity index (χ0v) is 11.6. The van der Waals surface area contributed by atoms with Crippen molar-refractivity contribution in [3.63, 3.8) is 0 Å². The quantitative estimate of drug-likeness (QED) is 0.503. The Kier molecular flexibility index (Phi) is 2.55. The van der Waals surface area contributed by atoms with Crippen LogP contribution in [0.4, 0.5) is 0 Å². The minimum absolute atomic E-state index is 0.345. The van der Waals surface area contributed by atoms with Gasteiger partial charge in [0.2, 0.25) is 0 Å². The average molecular weight is 307 g/mol. The molecule has 0 aliphatic carbocycles. The van der Waals surface area contributed by atoms with Crippen molar-refractivity contribution in [3.8, 4) is 0 Å². The van der Waals surface area contributed by atoms with Crippen LogP contribution in [0.15, 0.2) is 31.8 Å². The van der Waals surface area contributed by atoms with E-state index >= 15 is 0 Å². The number of benzene rings is 1. The summed E-state index contributed by atoms with van der Waals surface area (Å²) in [5.41, 5.74) is 3.22. The Balaban J connectivity index is 2.60. The summed E-state index contributed by atoms with van der Waals surface area (Å²) in [6.45, 7) is 3.98. The second-order valence-corrected chi connectivity index (χ2v) is 4.87. The lowest BCUT2D eigenvalue weighted by atomic mass is 10.0. The lowest BCUT2D eigenvalue weighted by Gasteiger charge is -2.04. The Morgan fingerprint density at radius 3 is 2.67 bits per heavy atom. The summed E-state index contributed by atoms with van der Waals surface area (Å²) in [5, 5.41) is 2.74. The molecule has 2 heterocycles. The molecule has 0 N–H and O–H groups in total. The first-order chi connectivity index (χ1) is 8.61. The first kappa shape index (κ1) is 11.5. The SMILES string of the molecule is Cc1oc2cc3oc(=O)ccc3c(CBr)c2c1C. The van der Waals surface area contributed by atoms with Gasteiger partial charge in [0, 0.05) is 28.2 Å². The maximum absolute atomic E-state index is 11.3. The van der Waals surface area contributed by atoms with Crippen LogP contribution < -0.4 is 5.63 Å². The van der Waals surface area contributed by atoms with Crippen LogP contribution >= 0.6 is 15.9 Å². The number of hydrogen-bond donors (Lipinski definition) is 0. The molecule has 0 fully saturated rings. The van der Waals surface area contributed by atoms with Crippen LogP contribution in [0.1, 0.15) is 16.9 Å². The van der Waals surface area contributed by atoms with E-state index in [1.54, 1.807) is 12.1 Å². The van der Waals surface area contributed by atoms with Gasteiger partial charge in [-0.1, -0.05) is 15.9 Å². The van der Waals surface area contributed by atoms with Crippen LogP contribution in [0.3, 0.4) is 0 Å². The van der Waals surface area contributed by atoms with Crippen LogP contribution in [0.5, 0.6) is 0 Å². The van der Waals surface area contributed by atoms with Gasteiger partial charge in [0.05, 0.1) is 0 Å². The molecule has 3 rings (SSSR count). The summed E-state index contributed by atoms with van der Waals surface area (Å²) in [6, 6.07) is 5.04. The largest absolute Gasteiger partial charge is 0.461 e. The fraction of sp³-hybridized carbons (Fsp3) is 0.214. The summed E-state index contributed by atoms with van der Waals surface area (Å²) >= 11 is 3.50. The molecule has 3 nitrogen and oxygen atoms in total. The van der Waals surface area contributed by atoms with Gasteiger partial charge in [-0.15, -0.1) is 0 Å². The van der Waals surface area contributed by atoms with Gasteiger partial charge >= 0.3 is 5.63 Å². The topological polar surface area (TPSA) is 43.4 Å². The number of aryl methyl sites for hydroxylation is 2. The van der Waals surface area contributed by atoms with Crippen LogP contribution in [0.25, 0.3) is 21.9 Å². The third-order valence-electron chi connectivity index (χ3n) is 3.30. The van der Waals surface area contributed by atoms with Crippen LogP contribution in [0.2, 0.25) is 0 Å². The highest BCUT2D eigenvalue weighted by atomic mass is 79.9. The van der Waals surface area contributed by atoms with Gasteiger partial charge < -0.3 is 8.83 Å². The first-order valence-corrected chi connectivity index (χ1v) is 6.75. The van der Waals surface area contributed by atoms with E-state index < -0.39 is 0 Å². The van der Waals surface area contributed by atoms with Gasteiger partial charge in [-0.05, 0) is 31.0 Å². The molecule has 0 aliphatic rings. The summed E-state index contributed by atoms with van der Waals surface area (Å²) < 4.78 is 10.9. The number of alkyl halides is 1. The molecule has 1 aromatic carbocycles. The number of fused-ring (bicyclic) bond motifs is 2. The lowest BCUT2D eigenvalue weighted by Crippen LogP contribution is -1.96. The van der Waals surface area contributed by atoms with E-state index in [0.717, 1.165) is 33.2 Å². The molecule has 3 aromatic rings. The van der Waals surface area contributed by atoms with Crippen LogP contribution in [0, 0.1) is 13.8 Å². The lowest BCUT2D eigenvalue weighted by molar-refractivity contribution is 0.555. The van der Waals surface area contributed by atoms with Gasteiger partial charge in [-0.2, -0.15) is 0 Å². The number of rotatable bonds is 1.